The first kappa shape index (κ1) is 16.7. The molecule has 0 bridgehead atoms. The van der Waals surface area contributed by atoms with Crippen LogP contribution >= 0.6 is 11.3 Å². The molecule has 2 aromatic rings. The second kappa shape index (κ2) is 8.70. The fourth-order valence-corrected chi connectivity index (χ4v) is 3.04. The summed E-state index contributed by atoms with van der Waals surface area (Å²) in [5.74, 6) is 1.18. The number of amides is 1. The summed E-state index contributed by atoms with van der Waals surface area (Å²) in [6.07, 6.45) is 5.09. The van der Waals surface area contributed by atoms with Crippen LogP contribution in [0, 0.1) is 0 Å². The van der Waals surface area contributed by atoms with Crippen LogP contribution in [0.5, 0.6) is 0 Å². The van der Waals surface area contributed by atoms with Crippen molar-refractivity contribution in [3.63, 3.8) is 0 Å². The number of methoxy groups -OCH3 is 1. The van der Waals surface area contributed by atoms with Crippen LogP contribution in [0.2, 0.25) is 0 Å². The fraction of sp³-hybridized carbons (Fsp3) is 0.500. The minimum absolute atomic E-state index is 0.154. The highest BCUT2D eigenvalue weighted by Crippen LogP contribution is 2.13. The van der Waals surface area contributed by atoms with Gasteiger partial charge in [0, 0.05) is 50.3 Å². The predicted octanol–water partition coefficient (Wildman–Crippen LogP) is 2.57. The number of nitrogens with zero attached hydrogens (tertiary/aromatic N) is 3. The zero-order chi connectivity index (χ0) is 15.8. The summed E-state index contributed by atoms with van der Waals surface area (Å²) in [6.45, 7) is 4.59. The Hall–Kier alpha value is -1.66. The number of ether oxygens (including phenoxy) is 1. The van der Waals surface area contributed by atoms with Crippen molar-refractivity contribution in [1.82, 2.24) is 14.5 Å². The van der Waals surface area contributed by atoms with Crippen LogP contribution in [0.3, 0.4) is 0 Å². The number of aromatic nitrogens is 2. The van der Waals surface area contributed by atoms with Gasteiger partial charge >= 0.3 is 0 Å². The molecule has 0 atom stereocenters. The molecule has 0 fully saturated rings. The smallest absolute Gasteiger partial charge is 0.224 e. The van der Waals surface area contributed by atoms with E-state index in [1.165, 1.54) is 4.88 Å². The van der Waals surface area contributed by atoms with Gasteiger partial charge in [-0.15, -0.1) is 11.3 Å². The van der Waals surface area contributed by atoms with Crippen molar-refractivity contribution in [2.75, 3.05) is 20.3 Å². The SMILES string of the molecule is CCc1nccn1CCC(=O)N(CCOC)Cc1cccs1. The molecule has 22 heavy (non-hydrogen) atoms. The molecule has 0 saturated carbocycles. The van der Waals surface area contributed by atoms with Crippen LogP contribution in [0.1, 0.15) is 24.0 Å². The lowest BCUT2D eigenvalue weighted by molar-refractivity contribution is -0.132. The summed E-state index contributed by atoms with van der Waals surface area (Å²) < 4.78 is 7.18. The van der Waals surface area contributed by atoms with Crippen LogP contribution in [0.15, 0.2) is 29.9 Å². The molecule has 2 aromatic heterocycles. The maximum Gasteiger partial charge on any atom is 0.224 e. The van der Waals surface area contributed by atoms with Gasteiger partial charge < -0.3 is 14.2 Å². The van der Waals surface area contributed by atoms with Crippen molar-refractivity contribution in [3.8, 4) is 0 Å². The molecule has 0 aromatic carbocycles. The summed E-state index contributed by atoms with van der Waals surface area (Å²) >= 11 is 1.67. The van der Waals surface area contributed by atoms with Crippen molar-refractivity contribution in [1.29, 1.82) is 0 Å². The van der Waals surface area contributed by atoms with Crippen LogP contribution in [0.25, 0.3) is 0 Å². The van der Waals surface area contributed by atoms with Gasteiger partial charge in [-0.1, -0.05) is 13.0 Å². The lowest BCUT2D eigenvalue weighted by Crippen LogP contribution is -2.33. The second-order valence-corrected chi connectivity index (χ2v) is 6.06. The quantitative estimate of drug-likeness (QED) is 0.713. The lowest BCUT2D eigenvalue weighted by Gasteiger charge is -2.22. The Morgan fingerprint density at radius 1 is 1.50 bits per heavy atom. The molecule has 120 valence electrons. The summed E-state index contributed by atoms with van der Waals surface area (Å²) in [5, 5.41) is 2.04. The average molecular weight is 321 g/mol. The molecular formula is C16H23N3O2S. The number of thiophene rings is 1. The van der Waals surface area contributed by atoms with Gasteiger partial charge in [-0.25, -0.2) is 4.98 Å². The number of imidazole rings is 1. The third-order valence-electron chi connectivity index (χ3n) is 3.53. The van der Waals surface area contributed by atoms with Gasteiger partial charge in [0.1, 0.15) is 5.82 Å². The van der Waals surface area contributed by atoms with Crippen molar-refractivity contribution in [2.24, 2.45) is 0 Å². The van der Waals surface area contributed by atoms with Crippen molar-refractivity contribution >= 4 is 17.2 Å². The summed E-state index contributed by atoms with van der Waals surface area (Å²) in [4.78, 5) is 19.9. The van der Waals surface area contributed by atoms with Gasteiger partial charge in [0.15, 0.2) is 0 Å². The monoisotopic (exact) mass is 321 g/mol. The summed E-state index contributed by atoms with van der Waals surface area (Å²) in [7, 11) is 1.66. The number of carbonyl (C=O) groups excluding carboxylic acids is 1. The van der Waals surface area contributed by atoms with E-state index < -0.39 is 0 Å². The van der Waals surface area contributed by atoms with E-state index in [0.29, 0.717) is 32.7 Å². The van der Waals surface area contributed by atoms with Crippen LogP contribution in [0.4, 0.5) is 0 Å². The molecular weight excluding hydrogens is 298 g/mol. The van der Waals surface area contributed by atoms with Gasteiger partial charge in [-0.05, 0) is 11.4 Å². The second-order valence-electron chi connectivity index (χ2n) is 5.03. The van der Waals surface area contributed by atoms with E-state index in [4.69, 9.17) is 4.74 Å². The van der Waals surface area contributed by atoms with Crippen LogP contribution < -0.4 is 0 Å². The molecule has 0 aliphatic heterocycles. The van der Waals surface area contributed by atoms with Gasteiger partial charge in [0.05, 0.1) is 13.2 Å². The number of hydrogen-bond donors (Lipinski definition) is 0. The third kappa shape index (κ3) is 4.68. The van der Waals surface area contributed by atoms with E-state index in [1.54, 1.807) is 24.6 Å². The number of carbonyl (C=O) groups is 1. The predicted molar refractivity (Wildman–Crippen MR) is 87.8 cm³/mol. The normalized spacial score (nSPS) is 10.8. The topological polar surface area (TPSA) is 47.4 Å². The highest BCUT2D eigenvalue weighted by atomic mass is 32.1. The maximum absolute atomic E-state index is 12.5. The Balaban J connectivity index is 1.92. The van der Waals surface area contributed by atoms with Crippen molar-refractivity contribution in [3.05, 3.63) is 40.6 Å². The minimum atomic E-state index is 0.154. The first-order chi connectivity index (χ1) is 10.7. The summed E-state index contributed by atoms with van der Waals surface area (Å²) in [5.41, 5.74) is 0. The Labute approximate surface area is 135 Å². The molecule has 5 nitrogen and oxygen atoms in total. The van der Waals surface area contributed by atoms with Gasteiger partial charge in [-0.3, -0.25) is 4.79 Å². The van der Waals surface area contributed by atoms with Gasteiger partial charge in [-0.2, -0.15) is 0 Å². The first-order valence-electron chi connectivity index (χ1n) is 7.53. The van der Waals surface area contributed by atoms with E-state index in [1.807, 2.05) is 22.5 Å². The molecule has 0 radical (unpaired) electrons. The molecule has 0 aliphatic carbocycles. The third-order valence-corrected chi connectivity index (χ3v) is 4.39. The highest BCUT2D eigenvalue weighted by molar-refractivity contribution is 7.09. The molecule has 0 N–H and O–H groups in total. The maximum atomic E-state index is 12.5. The Bertz CT molecular complexity index is 566. The molecule has 6 heteroatoms. The minimum Gasteiger partial charge on any atom is -0.383 e. The summed E-state index contributed by atoms with van der Waals surface area (Å²) in [6, 6.07) is 4.07. The number of aryl methyl sites for hydroxylation is 2. The molecule has 2 rings (SSSR count). The lowest BCUT2D eigenvalue weighted by atomic mass is 10.3. The van der Waals surface area contributed by atoms with Crippen LogP contribution in [-0.2, 0) is 29.0 Å². The average Bonchev–Trinajstić information content (AvgIpc) is 3.19. The largest absolute Gasteiger partial charge is 0.383 e. The molecule has 0 aliphatic rings. The highest BCUT2D eigenvalue weighted by Gasteiger charge is 2.15. The number of rotatable bonds is 9. The van der Waals surface area contributed by atoms with E-state index in [-0.39, 0.29) is 5.91 Å². The molecule has 0 unspecified atom stereocenters. The zero-order valence-electron chi connectivity index (χ0n) is 13.2. The molecule has 1 amide bonds. The van der Waals surface area contributed by atoms with E-state index >= 15 is 0 Å². The van der Waals surface area contributed by atoms with E-state index in [9.17, 15) is 4.79 Å². The Morgan fingerprint density at radius 2 is 2.36 bits per heavy atom. The zero-order valence-corrected chi connectivity index (χ0v) is 14.0. The molecule has 2 heterocycles. The number of hydrogen-bond acceptors (Lipinski definition) is 4. The van der Waals surface area contributed by atoms with E-state index in [0.717, 1.165) is 12.2 Å². The Morgan fingerprint density at radius 3 is 3.05 bits per heavy atom. The molecule has 0 saturated heterocycles. The van der Waals surface area contributed by atoms with Gasteiger partial charge in [0.25, 0.3) is 0 Å². The Kier molecular flexibility index (Phi) is 6.61. The van der Waals surface area contributed by atoms with Gasteiger partial charge in [0.2, 0.25) is 5.91 Å². The van der Waals surface area contributed by atoms with E-state index in [2.05, 4.69) is 22.5 Å². The van der Waals surface area contributed by atoms with Crippen LogP contribution in [-0.4, -0.2) is 40.6 Å². The molecule has 0 spiro atoms. The standard InChI is InChI=1S/C16H23N3O2S/c1-3-15-17-7-9-18(15)8-6-16(20)19(10-11-21-2)13-14-5-4-12-22-14/h4-5,7,9,12H,3,6,8,10-11,13H2,1-2H3. The van der Waals surface area contributed by atoms with Crippen molar-refractivity contribution < 1.29 is 9.53 Å². The fourth-order valence-electron chi connectivity index (χ4n) is 2.32. The first-order valence-corrected chi connectivity index (χ1v) is 8.41. The van der Waals surface area contributed by atoms with Crippen molar-refractivity contribution in [2.45, 2.75) is 32.9 Å².